The number of rotatable bonds is 8. The van der Waals surface area contributed by atoms with Crippen molar-refractivity contribution in [3.05, 3.63) is 59.9 Å². The molecule has 2 heterocycles. The zero-order valence-corrected chi connectivity index (χ0v) is 22.2. The average Bonchev–Trinajstić information content (AvgIpc) is 3.68. The van der Waals surface area contributed by atoms with Gasteiger partial charge in [-0.05, 0) is 61.8 Å². The van der Waals surface area contributed by atoms with Crippen molar-refractivity contribution in [1.82, 2.24) is 15.2 Å². The first-order valence-electron chi connectivity index (χ1n) is 13.9. The molecular weight excluding hydrogens is 500 g/mol. The second kappa shape index (κ2) is 11.3. The number of carbonyl (C=O) groups excluding carboxylic acids is 2. The number of benzene rings is 1. The number of hydrogen-bond acceptors (Lipinski definition) is 5. The van der Waals surface area contributed by atoms with Crippen LogP contribution in [0.5, 0.6) is 0 Å². The number of anilines is 1. The van der Waals surface area contributed by atoms with Crippen LogP contribution in [0.1, 0.15) is 75.5 Å². The van der Waals surface area contributed by atoms with E-state index in [-0.39, 0.29) is 23.8 Å². The molecular formula is C30H35F2N5O2. The summed E-state index contributed by atoms with van der Waals surface area (Å²) in [4.78, 5) is 35.4. The van der Waals surface area contributed by atoms with E-state index >= 15 is 0 Å². The van der Waals surface area contributed by atoms with Crippen molar-refractivity contribution in [3.8, 4) is 6.19 Å². The number of aromatic nitrogens is 1. The Kier molecular flexibility index (Phi) is 7.83. The van der Waals surface area contributed by atoms with Crippen LogP contribution in [0.4, 0.5) is 14.5 Å². The molecule has 1 aromatic carbocycles. The Hall–Kier alpha value is -3.54. The molecule has 2 aromatic rings. The molecule has 39 heavy (non-hydrogen) atoms. The van der Waals surface area contributed by atoms with Crippen LogP contribution in [0, 0.1) is 17.4 Å². The monoisotopic (exact) mass is 535 g/mol. The number of amides is 2. The number of hydrogen-bond donors (Lipinski definition) is 1. The van der Waals surface area contributed by atoms with Gasteiger partial charge in [-0.3, -0.25) is 24.4 Å². The largest absolute Gasteiger partial charge is 0.351 e. The van der Waals surface area contributed by atoms with Gasteiger partial charge in [0.05, 0.1) is 5.41 Å². The number of nitrogens with one attached hydrogen (secondary N) is 1. The molecule has 1 N–H and O–H groups in total. The highest BCUT2D eigenvalue weighted by molar-refractivity contribution is 6.04. The molecule has 2 saturated carbocycles. The van der Waals surface area contributed by atoms with E-state index in [1.807, 2.05) is 6.92 Å². The van der Waals surface area contributed by atoms with Gasteiger partial charge in [-0.2, -0.15) is 5.26 Å². The molecule has 3 atom stereocenters. The first kappa shape index (κ1) is 27.0. The minimum Gasteiger partial charge on any atom is -0.351 e. The Morgan fingerprint density at radius 2 is 1.87 bits per heavy atom. The van der Waals surface area contributed by atoms with Gasteiger partial charge >= 0.3 is 0 Å². The van der Waals surface area contributed by atoms with Gasteiger partial charge in [0.2, 0.25) is 12.3 Å². The van der Waals surface area contributed by atoms with Gasteiger partial charge in [0.1, 0.15) is 12.1 Å². The van der Waals surface area contributed by atoms with Crippen molar-refractivity contribution in [1.29, 1.82) is 5.26 Å². The average molecular weight is 536 g/mol. The van der Waals surface area contributed by atoms with E-state index in [4.69, 9.17) is 0 Å². The van der Waals surface area contributed by atoms with Crippen LogP contribution in [0.2, 0.25) is 0 Å². The molecule has 206 valence electrons. The molecule has 1 aromatic heterocycles. The summed E-state index contributed by atoms with van der Waals surface area (Å²) in [5.41, 5.74) is 0.377. The summed E-state index contributed by atoms with van der Waals surface area (Å²) in [6.07, 6.45) is 9.17. The molecule has 9 heteroatoms. The predicted molar refractivity (Wildman–Crippen MR) is 143 cm³/mol. The fraction of sp³-hybridized carbons (Fsp3) is 0.533. The van der Waals surface area contributed by atoms with Gasteiger partial charge in [-0.1, -0.05) is 44.4 Å². The van der Waals surface area contributed by atoms with Crippen molar-refractivity contribution < 1.29 is 18.4 Å². The Balaban J connectivity index is 1.55. The highest BCUT2D eigenvalue weighted by Crippen LogP contribution is 2.53. The van der Waals surface area contributed by atoms with E-state index < -0.39 is 23.9 Å². The van der Waals surface area contributed by atoms with Crippen LogP contribution >= 0.6 is 0 Å². The van der Waals surface area contributed by atoms with Gasteiger partial charge in [-0.15, -0.1) is 0 Å². The Morgan fingerprint density at radius 3 is 2.46 bits per heavy atom. The maximum absolute atomic E-state index is 14.3. The topological polar surface area (TPSA) is 89.3 Å². The summed E-state index contributed by atoms with van der Waals surface area (Å²) in [5, 5.41) is 12.9. The number of likely N-dealkylation sites (tertiary alicyclic amines) is 1. The third-order valence-corrected chi connectivity index (χ3v) is 8.55. The van der Waals surface area contributed by atoms with Crippen LogP contribution in [0.25, 0.3) is 0 Å². The number of halogens is 2. The third-order valence-electron chi connectivity index (χ3n) is 8.55. The molecule has 3 aliphatic rings. The van der Waals surface area contributed by atoms with Crippen molar-refractivity contribution >= 4 is 17.5 Å². The van der Waals surface area contributed by atoms with Gasteiger partial charge in [0.25, 0.3) is 5.91 Å². The molecule has 0 unspecified atom stereocenters. The van der Waals surface area contributed by atoms with Crippen molar-refractivity contribution in [2.45, 2.75) is 88.3 Å². The van der Waals surface area contributed by atoms with E-state index in [0.717, 1.165) is 32.1 Å². The summed E-state index contributed by atoms with van der Waals surface area (Å²) in [6, 6.07) is 8.36. The Labute approximate surface area is 228 Å². The fourth-order valence-corrected chi connectivity index (χ4v) is 6.16. The van der Waals surface area contributed by atoms with E-state index in [1.165, 1.54) is 9.80 Å². The van der Waals surface area contributed by atoms with Gasteiger partial charge in [0.15, 0.2) is 6.19 Å². The molecule has 2 amide bonds. The van der Waals surface area contributed by atoms with Gasteiger partial charge in [0, 0.05) is 36.2 Å². The smallest absolute Gasteiger partial charge is 0.251 e. The molecule has 5 rings (SSSR count). The zero-order valence-electron chi connectivity index (χ0n) is 22.2. The zero-order chi connectivity index (χ0) is 27.6. The number of pyridine rings is 1. The van der Waals surface area contributed by atoms with Crippen LogP contribution in [-0.2, 0) is 15.0 Å². The SMILES string of the molecule is C[C@@H]1C[C@H](C(=O)N(c2ccc(C3(C(F)F)CC3)cc2)[C@@H](C(=O)NC2CCCCC2)c2cccnc2)N(C#N)C1. The van der Waals surface area contributed by atoms with Crippen molar-refractivity contribution in [2.75, 3.05) is 11.4 Å². The molecule has 7 nitrogen and oxygen atoms in total. The molecule has 0 radical (unpaired) electrons. The lowest BCUT2D eigenvalue weighted by Gasteiger charge is -2.35. The van der Waals surface area contributed by atoms with E-state index in [1.54, 1.807) is 48.8 Å². The van der Waals surface area contributed by atoms with E-state index in [2.05, 4.69) is 16.5 Å². The van der Waals surface area contributed by atoms with E-state index in [9.17, 15) is 23.6 Å². The number of carbonyl (C=O) groups is 2. The summed E-state index contributed by atoms with van der Waals surface area (Å²) < 4.78 is 27.6. The molecule has 2 aliphatic carbocycles. The van der Waals surface area contributed by atoms with Crippen LogP contribution in [-0.4, -0.2) is 46.8 Å². The highest BCUT2D eigenvalue weighted by Gasteiger charge is 2.52. The van der Waals surface area contributed by atoms with Gasteiger partial charge in [-0.25, -0.2) is 8.78 Å². The number of nitriles is 1. The lowest BCUT2D eigenvalue weighted by atomic mass is 9.94. The van der Waals surface area contributed by atoms with E-state index in [0.29, 0.717) is 42.6 Å². The third kappa shape index (κ3) is 5.47. The lowest BCUT2D eigenvalue weighted by Crippen LogP contribution is -2.51. The summed E-state index contributed by atoms with van der Waals surface area (Å²) in [6.45, 7) is 2.45. The van der Waals surface area contributed by atoms with Crippen LogP contribution in [0.3, 0.4) is 0 Å². The number of alkyl halides is 2. The lowest BCUT2D eigenvalue weighted by molar-refractivity contribution is -0.128. The number of nitrogens with zero attached hydrogens (tertiary/aromatic N) is 4. The van der Waals surface area contributed by atoms with Crippen molar-refractivity contribution in [2.24, 2.45) is 5.92 Å². The Bertz CT molecular complexity index is 1210. The molecule has 0 spiro atoms. The maximum atomic E-state index is 14.3. The second-order valence-electron chi connectivity index (χ2n) is 11.4. The normalized spacial score (nSPS) is 23.2. The minimum absolute atomic E-state index is 0.0209. The molecule has 0 bridgehead atoms. The fourth-order valence-electron chi connectivity index (χ4n) is 6.16. The quantitative estimate of drug-likeness (QED) is 0.476. The standard InChI is InChI=1S/C30H35F2N5O2/c1-20-16-25(36(18-20)19-33)28(39)37(24-11-9-22(10-12-24)30(13-14-30)29(31)32)26(21-6-5-15-34-17-21)27(38)35-23-7-3-2-4-8-23/h5-6,9-12,15,17,20,23,25-26,29H,2-4,7-8,13-14,16,18H2,1H3,(H,35,38)/t20-,25-,26-/m1/s1. The Morgan fingerprint density at radius 1 is 1.15 bits per heavy atom. The van der Waals surface area contributed by atoms with Crippen LogP contribution < -0.4 is 10.2 Å². The summed E-state index contributed by atoms with van der Waals surface area (Å²) in [5.74, 6) is -0.541. The summed E-state index contributed by atoms with van der Waals surface area (Å²) in [7, 11) is 0. The van der Waals surface area contributed by atoms with Gasteiger partial charge < -0.3 is 5.32 Å². The van der Waals surface area contributed by atoms with Crippen LogP contribution in [0.15, 0.2) is 48.8 Å². The first-order valence-corrected chi connectivity index (χ1v) is 13.9. The van der Waals surface area contributed by atoms with Crippen molar-refractivity contribution in [3.63, 3.8) is 0 Å². The summed E-state index contributed by atoms with van der Waals surface area (Å²) >= 11 is 0. The predicted octanol–water partition coefficient (Wildman–Crippen LogP) is 5.09. The minimum atomic E-state index is -2.46. The maximum Gasteiger partial charge on any atom is 0.251 e. The first-order chi connectivity index (χ1) is 18.8. The second-order valence-corrected chi connectivity index (χ2v) is 11.4. The highest BCUT2D eigenvalue weighted by atomic mass is 19.3. The molecule has 3 fully saturated rings. The molecule has 1 aliphatic heterocycles. The molecule has 1 saturated heterocycles.